The van der Waals surface area contributed by atoms with Crippen LogP contribution in [0.2, 0.25) is 0 Å². The quantitative estimate of drug-likeness (QED) is 0.863. The van der Waals surface area contributed by atoms with Crippen LogP contribution in [0.4, 0.5) is 10.6 Å². The first-order valence-electron chi connectivity index (χ1n) is 8.09. The van der Waals surface area contributed by atoms with E-state index in [1.807, 2.05) is 25.7 Å². The van der Waals surface area contributed by atoms with Crippen LogP contribution in [0, 0.1) is 0 Å². The lowest BCUT2D eigenvalue weighted by Crippen LogP contribution is -2.50. The number of nitrogens with zero attached hydrogens (tertiary/aromatic N) is 3. The fraction of sp³-hybridized carbons (Fsp3) is 0.625. The molecule has 1 saturated heterocycles. The fourth-order valence-electron chi connectivity index (χ4n) is 2.54. The molecule has 8 nitrogen and oxygen atoms in total. The Kier molecular flexibility index (Phi) is 6.08. The second-order valence-electron chi connectivity index (χ2n) is 6.86. The summed E-state index contributed by atoms with van der Waals surface area (Å²) >= 11 is 0. The maximum Gasteiger partial charge on any atom is 0.407 e. The minimum absolute atomic E-state index is 0.0158. The first-order chi connectivity index (χ1) is 11.3. The van der Waals surface area contributed by atoms with Gasteiger partial charge in [-0.15, -0.1) is 0 Å². The Balaban J connectivity index is 1.78. The van der Waals surface area contributed by atoms with Gasteiger partial charge in [-0.2, -0.15) is 0 Å². The molecule has 0 aromatic carbocycles. The standard InChI is InChI=1S/C16H25N5O3/c1-16(2,3)24-15(23)19-12-5-4-8-21(10-12)11-14(22)20-13-9-17-6-7-18-13/h6-7,9,12H,4-5,8,10-11H2,1-3H3,(H,19,23)(H,18,20,22). The number of carbonyl (C=O) groups excluding carboxylic acids is 2. The molecule has 24 heavy (non-hydrogen) atoms. The van der Waals surface area contributed by atoms with Gasteiger partial charge in [0.25, 0.3) is 0 Å². The Bertz CT molecular complexity index is 559. The highest BCUT2D eigenvalue weighted by atomic mass is 16.6. The first-order valence-corrected chi connectivity index (χ1v) is 8.09. The Labute approximate surface area is 142 Å². The van der Waals surface area contributed by atoms with Gasteiger partial charge in [-0.3, -0.25) is 14.7 Å². The summed E-state index contributed by atoms with van der Waals surface area (Å²) in [5.74, 6) is 0.288. The lowest BCUT2D eigenvalue weighted by molar-refractivity contribution is -0.117. The van der Waals surface area contributed by atoms with Crippen molar-refractivity contribution in [2.75, 3.05) is 25.0 Å². The normalized spacial score (nSPS) is 18.7. The molecular formula is C16H25N5O3. The molecule has 1 unspecified atom stereocenters. The Hall–Kier alpha value is -2.22. The smallest absolute Gasteiger partial charge is 0.407 e. The molecule has 1 fully saturated rings. The van der Waals surface area contributed by atoms with E-state index >= 15 is 0 Å². The van der Waals surface area contributed by atoms with Gasteiger partial charge in [-0.05, 0) is 40.2 Å². The van der Waals surface area contributed by atoms with Gasteiger partial charge in [0.2, 0.25) is 5.91 Å². The third kappa shape index (κ3) is 6.49. The Morgan fingerprint density at radius 3 is 2.83 bits per heavy atom. The summed E-state index contributed by atoms with van der Waals surface area (Å²) in [6.07, 6.45) is 5.95. The second kappa shape index (κ2) is 8.05. The van der Waals surface area contributed by atoms with Gasteiger partial charge in [0.1, 0.15) is 5.60 Å². The molecule has 2 rings (SSSR count). The molecule has 1 aromatic rings. The van der Waals surface area contributed by atoms with Crippen LogP contribution < -0.4 is 10.6 Å². The van der Waals surface area contributed by atoms with Gasteiger partial charge in [0.05, 0.1) is 12.7 Å². The van der Waals surface area contributed by atoms with E-state index in [9.17, 15) is 9.59 Å². The lowest BCUT2D eigenvalue weighted by Gasteiger charge is -2.33. The van der Waals surface area contributed by atoms with Crippen molar-refractivity contribution in [1.82, 2.24) is 20.2 Å². The molecule has 1 aliphatic heterocycles. The van der Waals surface area contributed by atoms with Gasteiger partial charge < -0.3 is 15.4 Å². The van der Waals surface area contributed by atoms with Gasteiger partial charge in [-0.25, -0.2) is 9.78 Å². The molecule has 0 spiro atoms. The number of hydrogen-bond acceptors (Lipinski definition) is 6. The van der Waals surface area contributed by atoms with Crippen molar-refractivity contribution < 1.29 is 14.3 Å². The van der Waals surface area contributed by atoms with Crippen LogP contribution in [-0.4, -0.2) is 58.1 Å². The van der Waals surface area contributed by atoms with E-state index in [4.69, 9.17) is 4.74 Å². The van der Waals surface area contributed by atoms with Crippen LogP contribution >= 0.6 is 0 Å². The SMILES string of the molecule is CC(C)(C)OC(=O)NC1CCCN(CC(=O)Nc2cnccn2)C1. The number of likely N-dealkylation sites (tertiary alicyclic amines) is 1. The number of carbonyl (C=O) groups is 2. The highest BCUT2D eigenvalue weighted by Crippen LogP contribution is 2.12. The Morgan fingerprint density at radius 2 is 2.17 bits per heavy atom. The number of hydrogen-bond donors (Lipinski definition) is 2. The van der Waals surface area contributed by atoms with Crippen LogP contribution in [0.25, 0.3) is 0 Å². The molecule has 2 heterocycles. The molecule has 0 aliphatic carbocycles. The van der Waals surface area contributed by atoms with Crippen LogP contribution in [0.1, 0.15) is 33.6 Å². The van der Waals surface area contributed by atoms with Gasteiger partial charge in [0, 0.05) is 25.0 Å². The molecule has 0 saturated carbocycles. The molecule has 132 valence electrons. The average Bonchev–Trinajstić information content (AvgIpc) is 2.46. The summed E-state index contributed by atoms with van der Waals surface area (Å²) in [5, 5.41) is 5.58. The molecule has 0 radical (unpaired) electrons. The average molecular weight is 335 g/mol. The highest BCUT2D eigenvalue weighted by Gasteiger charge is 2.25. The maximum absolute atomic E-state index is 12.1. The third-order valence-corrected chi connectivity index (χ3v) is 3.42. The molecule has 1 aromatic heterocycles. The summed E-state index contributed by atoms with van der Waals surface area (Å²) in [4.78, 5) is 33.8. The first kappa shape index (κ1) is 18.1. The molecular weight excluding hydrogens is 310 g/mol. The number of nitrogens with one attached hydrogen (secondary N) is 2. The van der Waals surface area contributed by atoms with E-state index in [1.165, 1.54) is 12.4 Å². The zero-order chi connectivity index (χ0) is 17.6. The van der Waals surface area contributed by atoms with Crippen molar-refractivity contribution in [2.24, 2.45) is 0 Å². The van der Waals surface area contributed by atoms with Crippen LogP contribution in [0.15, 0.2) is 18.6 Å². The number of ether oxygens (including phenoxy) is 1. The number of rotatable bonds is 4. The topological polar surface area (TPSA) is 96.5 Å². The molecule has 1 atom stereocenters. The third-order valence-electron chi connectivity index (χ3n) is 3.42. The van der Waals surface area contributed by atoms with Gasteiger partial charge >= 0.3 is 6.09 Å². The van der Waals surface area contributed by atoms with Crippen molar-refractivity contribution in [3.05, 3.63) is 18.6 Å². The van der Waals surface area contributed by atoms with E-state index in [0.717, 1.165) is 19.4 Å². The number of aromatic nitrogens is 2. The van der Waals surface area contributed by atoms with Crippen molar-refractivity contribution in [1.29, 1.82) is 0 Å². The van der Waals surface area contributed by atoms with Gasteiger partial charge in [0.15, 0.2) is 5.82 Å². The van der Waals surface area contributed by atoms with Crippen molar-refractivity contribution in [2.45, 2.75) is 45.3 Å². The van der Waals surface area contributed by atoms with E-state index in [0.29, 0.717) is 12.4 Å². The summed E-state index contributed by atoms with van der Waals surface area (Å²) in [7, 11) is 0. The molecule has 2 N–H and O–H groups in total. The largest absolute Gasteiger partial charge is 0.444 e. The zero-order valence-electron chi connectivity index (χ0n) is 14.4. The van der Waals surface area contributed by atoms with Gasteiger partial charge in [-0.1, -0.05) is 0 Å². The predicted molar refractivity (Wildman–Crippen MR) is 89.5 cm³/mol. The zero-order valence-corrected chi connectivity index (χ0v) is 14.4. The lowest BCUT2D eigenvalue weighted by atomic mass is 10.1. The van der Waals surface area contributed by atoms with Crippen molar-refractivity contribution in [3.8, 4) is 0 Å². The van der Waals surface area contributed by atoms with E-state index in [-0.39, 0.29) is 18.5 Å². The fourth-order valence-corrected chi connectivity index (χ4v) is 2.54. The van der Waals surface area contributed by atoms with Crippen LogP contribution in [0.3, 0.4) is 0 Å². The molecule has 1 aliphatic rings. The molecule has 2 amide bonds. The highest BCUT2D eigenvalue weighted by molar-refractivity contribution is 5.91. The molecule has 0 bridgehead atoms. The summed E-state index contributed by atoms with van der Waals surface area (Å²) in [6, 6.07) is -0.0158. The number of amides is 2. The monoisotopic (exact) mass is 335 g/mol. The van der Waals surface area contributed by atoms with E-state index < -0.39 is 11.7 Å². The van der Waals surface area contributed by atoms with Crippen LogP contribution in [0.5, 0.6) is 0 Å². The second-order valence-corrected chi connectivity index (χ2v) is 6.86. The molecule has 8 heteroatoms. The van der Waals surface area contributed by atoms with Crippen LogP contribution in [-0.2, 0) is 9.53 Å². The number of alkyl carbamates (subject to hydrolysis) is 1. The number of piperidine rings is 1. The van der Waals surface area contributed by atoms with Crippen molar-refractivity contribution >= 4 is 17.8 Å². The van der Waals surface area contributed by atoms with E-state index in [1.54, 1.807) is 6.20 Å². The Morgan fingerprint density at radius 1 is 1.38 bits per heavy atom. The van der Waals surface area contributed by atoms with Crippen molar-refractivity contribution in [3.63, 3.8) is 0 Å². The summed E-state index contributed by atoms with van der Waals surface area (Å²) < 4.78 is 5.27. The summed E-state index contributed by atoms with van der Waals surface area (Å²) in [6.45, 7) is 7.18. The maximum atomic E-state index is 12.1. The minimum Gasteiger partial charge on any atom is -0.444 e. The minimum atomic E-state index is -0.519. The predicted octanol–water partition coefficient (Wildman–Crippen LogP) is 1.40. The summed E-state index contributed by atoms with van der Waals surface area (Å²) in [5.41, 5.74) is -0.519. The van der Waals surface area contributed by atoms with E-state index in [2.05, 4.69) is 20.6 Å². The number of anilines is 1.